The molecule has 0 saturated carbocycles. The lowest BCUT2D eigenvalue weighted by atomic mass is 10.2. The van der Waals surface area contributed by atoms with Crippen LogP contribution in [0.4, 0.5) is 10.1 Å². The number of hydrogen-bond acceptors (Lipinski definition) is 1. The van der Waals surface area contributed by atoms with E-state index >= 15 is 0 Å². The zero-order valence-corrected chi connectivity index (χ0v) is 11.0. The summed E-state index contributed by atoms with van der Waals surface area (Å²) in [4.78, 5) is 0. The van der Waals surface area contributed by atoms with E-state index in [2.05, 4.69) is 5.32 Å². The topological polar surface area (TPSA) is 12.0 Å². The molecule has 0 aliphatic rings. The summed E-state index contributed by atoms with van der Waals surface area (Å²) in [6, 6.07) is 16.5. The van der Waals surface area contributed by atoms with Crippen molar-refractivity contribution < 1.29 is 4.39 Å². The molecule has 0 fully saturated rings. The Morgan fingerprint density at radius 2 is 1.50 bits per heavy atom. The molecule has 0 unspecified atom stereocenters. The molecule has 0 aliphatic carbocycles. The molecule has 2 aromatic rings. The summed E-state index contributed by atoms with van der Waals surface area (Å²) >= 11 is 0. The van der Waals surface area contributed by atoms with E-state index in [9.17, 15) is 4.39 Å². The second-order valence-electron chi connectivity index (χ2n) is 3.35. The van der Waals surface area contributed by atoms with Gasteiger partial charge in [-0.05, 0) is 29.8 Å². The molecular weight excluding hydrogens is 316 g/mol. The van der Waals surface area contributed by atoms with Crippen LogP contribution in [-0.2, 0) is 6.54 Å². The summed E-state index contributed by atoms with van der Waals surface area (Å²) in [6.07, 6.45) is 0. The molecule has 0 saturated heterocycles. The van der Waals surface area contributed by atoms with Gasteiger partial charge < -0.3 is 5.32 Å². The summed E-state index contributed by atoms with van der Waals surface area (Å²) in [6.45, 7) is 0.713. The first-order chi connectivity index (χ1) is 7.34. The van der Waals surface area contributed by atoms with E-state index < -0.39 is 0 Å². The number of halogens is 2. The number of hydrogen-bond donors (Lipinski definition) is 1. The Labute approximate surface area is 112 Å². The lowest BCUT2D eigenvalue weighted by Crippen LogP contribution is -1.98. The number of nitrogens with one attached hydrogen (secondary N) is 1. The number of rotatable bonds is 3. The fourth-order valence-corrected chi connectivity index (χ4v) is 1.36. The Morgan fingerprint density at radius 3 is 2.12 bits per heavy atom. The van der Waals surface area contributed by atoms with E-state index in [1.807, 2.05) is 30.3 Å². The molecule has 2 rings (SSSR count). The average Bonchev–Trinajstić information content (AvgIpc) is 2.30. The molecule has 84 valence electrons. The minimum atomic E-state index is -0.196. The SMILES string of the molecule is Fc1ccc(CNc2ccccc2)cc1.I. The van der Waals surface area contributed by atoms with E-state index in [4.69, 9.17) is 0 Å². The maximum atomic E-state index is 12.6. The van der Waals surface area contributed by atoms with Crippen molar-refractivity contribution in [2.24, 2.45) is 0 Å². The molecule has 0 radical (unpaired) electrons. The molecule has 0 bridgehead atoms. The number of para-hydroxylation sites is 1. The number of anilines is 1. The molecule has 16 heavy (non-hydrogen) atoms. The lowest BCUT2D eigenvalue weighted by Gasteiger charge is -2.05. The predicted molar refractivity (Wildman–Crippen MR) is 75.6 cm³/mol. The molecule has 0 amide bonds. The van der Waals surface area contributed by atoms with Gasteiger partial charge in [0.25, 0.3) is 0 Å². The van der Waals surface area contributed by atoms with Crippen molar-refractivity contribution in [1.82, 2.24) is 0 Å². The first kappa shape index (κ1) is 13.0. The lowest BCUT2D eigenvalue weighted by molar-refractivity contribution is 0.627. The summed E-state index contributed by atoms with van der Waals surface area (Å²) in [7, 11) is 0. The molecule has 1 nitrogen and oxygen atoms in total. The smallest absolute Gasteiger partial charge is 0.123 e. The van der Waals surface area contributed by atoms with Crippen LogP contribution in [0.5, 0.6) is 0 Å². The Balaban J connectivity index is 0.00000128. The molecular formula is C13H13FIN. The van der Waals surface area contributed by atoms with Gasteiger partial charge in [0.15, 0.2) is 0 Å². The summed E-state index contributed by atoms with van der Waals surface area (Å²) in [5.74, 6) is -0.196. The maximum absolute atomic E-state index is 12.6. The first-order valence-corrected chi connectivity index (χ1v) is 4.88. The third kappa shape index (κ3) is 3.81. The first-order valence-electron chi connectivity index (χ1n) is 4.88. The normalized spacial score (nSPS) is 9.31. The van der Waals surface area contributed by atoms with Crippen LogP contribution in [-0.4, -0.2) is 0 Å². The van der Waals surface area contributed by atoms with Gasteiger partial charge in [-0.3, -0.25) is 0 Å². The maximum Gasteiger partial charge on any atom is 0.123 e. The molecule has 0 atom stereocenters. The highest BCUT2D eigenvalue weighted by Gasteiger charge is 1.93. The Hall–Kier alpha value is -1.10. The van der Waals surface area contributed by atoms with Crippen LogP contribution >= 0.6 is 24.0 Å². The highest BCUT2D eigenvalue weighted by atomic mass is 127. The average molecular weight is 329 g/mol. The minimum absolute atomic E-state index is 0. The molecule has 0 aliphatic heterocycles. The monoisotopic (exact) mass is 329 g/mol. The second-order valence-corrected chi connectivity index (χ2v) is 3.35. The summed E-state index contributed by atoms with van der Waals surface area (Å²) in [5, 5.41) is 3.26. The minimum Gasteiger partial charge on any atom is -0.381 e. The molecule has 3 heteroatoms. The molecule has 0 heterocycles. The predicted octanol–water partition coefficient (Wildman–Crippen LogP) is 4.06. The van der Waals surface area contributed by atoms with E-state index in [0.717, 1.165) is 11.3 Å². The van der Waals surface area contributed by atoms with Gasteiger partial charge in [-0.15, -0.1) is 24.0 Å². The van der Waals surface area contributed by atoms with Crippen molar-refractivity contribution in [3.63, 3.8) is 0 Å². The highest BCUT2D eigenvalue weighted by molar-refractivity contribution is 14.0. The highest BCUT2D eigenvalue weighted by Crippen LogP contribution is 2.08. The van der Waals surface area contributed by atoms with Crippen molar-refractivity contribution in [2.75, 3.05) is 5.32 Å². The molecule has 0 aromatic heterocycles. The van der Waals surface area contributed by atoms with Gasteiger partial charge in [-0.2, -0.15) is 0 Å². The molecule has 2 aromatic carbocycles. The van der Waals surface area contributed by atoms with Crippen molar-refractivity contribution in [2.45, 2.75) is 6.54 Å². The number of benzene rings is 2. The van der Waals surface area contributed by atoms with Crippen LogP contribution in [0, 0.1) is 5.82 Å². The van der Waals surface area contributed by atoms with E-state index in [0.29, 0.717) is 6.54 Å². The Kier molecular flexibility index (Phi) is 5.25. The Bertz CT molecular complexity index is 414. The fraction of sp³-hybridized carbons (Fsp3) is 0.0769. The van der Waals surface area contributed by atoms with Gasteiger partial charge in [0.1, 0.15) is 5.82 Å². The summed E-state index contributed by atoms with van der Waals surface area (Å²) in [5.41, 5.74) is 2.14. The van der Waals surface area contributed by atoms with Gasteiger partial charge in [0, 0.05) is 12.2 Å². The van der Waals surface area contributed by atoms with Crippen molar-refractivity contribution in [3.8, 4) is 0 Å². The van der Waals surface area contributed by atoms with Crippen LogP contribution < -0.4 is 5.32 Å². The third-order valence-electron chi connectivity index (χ3n) is 2.18. The van der Waals surface area contributed by atoms with Gasteiger partial charge in [0.05, 0.1) is 0 Å². The van der Waals surface area contributed by atoms with Crippen LogP contribution in [0.1, 0.15) is 5.56 Å². The van der Waals surface area contributed by atoms with Gasteiger partial charge in [-0.25, -0.2) is 4.39 Å². The van der Waals surface area contributed by atoms with Gasteiger partial charge >= 0.3 is 0 Å². The fourth-order valence-electron chi connectivity index (χ4n) is 1.36. The van der Waals surface area contributed by atoms with E-state index in [-0.39, 0.29) is 29.8 Å². The molecule has 1 N–H and O–H groups in total. The quantitative estimate of drug-likeness (QED) is 0.838. The Morgan fingerprint density at radius 1 is 0.875 bits per heavy atom. The van der Waals surface area contributed by atoms with Crippen LogP contribution in [0.15, 0.2) is 54.6 Å². The second kappa shape index (κ2) is 6.48. The third-order valence-corrected chi connectivity index (χ3v) is 2.18. The zero-order valence-electron chi connectivity index (χ0n) is 8.69. The van der Waals surface area contributed by atoms with Gasteiger partial charge in [0.2, 0.25) is 0 Å². The van der Waals surface area contributed by atoms with Crippen molar-refractivity contribution in [1.29, 1.82) is 0 Å². The molecule has 0 spiro atoms. The zero-order chi connectivity index (χ0) is 10.5. The van der Waals surface area contributed by atoms with Crippen LogP contribution in [0.25, 0.3) is 0 Å². The van der Waals surface area contributed by atoms with Crippen molar-refractivity contribution in [3.05, 3.63) is 66.0 Å². The largest absolute Gasteiger partial charge is 0.381 e. The van der Waals surface area contributed by atoms with E-state index in [1.165, 1.54) is 12.1 Å². The summed E-state index contributed by atoms with van der Waals surface area (Å²) < 4.78 is 12.6. The van der Waals surface area contributed by atoms with Crippen molar-refractivity contribution >= 4 is 29.7 Å². The van der Waals surface area contributed by atoms with E-state index in [1.54, 1.807) is 12.1 Å². The van der Waals surface area contributed by atoms with Crippen LogP contribution in [0.2, 0.25) is 0 Å². The standard InChI is InChI=1S/C13H12FN.HI/c14-12-8-6-11(7-9-12)10-15-13-4-2-1-3-5-13;/h1-9,15H,10H2;1H. The van der Waals surface area contributed by atoms with Crippen LogP contribution in [0.3, 0.4) is 0 Å². The van der Waals surface area contributed by atoms with Gasteiger partial charge in [-0.1, -0.05) is 30.3 Å².